The molecule has 0 saturated carbocycles. The molecule has 0 bridgehead atoms. The maximum atomic E-state index is 5.35. The van der Waals surface area contributed by atoms with E-state index in [-0.39, 0.29) is 0 Å². The zero-order valence-electron chi connectivity index (χ0n) is 11.3. The molecule has 4 nitrogen and oxygen atoms in total. The fourth-order valence-electron chi connectivity index (χ4n) is 2.11. The third kappa shape index (κ3) is 4.31. The van der Waals surface area contributed by atoms with Crippen LogP contribution in [0.1, 0.15) is 24.5 Å². The van der Waals surface area contributed by atoms with Crippen LogP contribution in [0.15, 0.2) is 5.38 Å². The molecule has 0 aliphatic carbocycles. The molecule has 1 fully saturated rings. The highest BCUT2D eigenvalue weighted by molar-refractivity contribution is 7.09. The van der Waals surface area contributed by atoms with Crippen LogP contribution in [0.4, 0.5) is 0 Å². The largest absolute Gasteiger partial charge is 0.379 e. The lowest BCUT2D eigenvalue weighted by atomic mass is 10.3. The number of nitrogens with one attached hydrogen (secondary N) is 1. The SMILES string of the molecule is CCc1nc(CNC(C)CN2CCOCC2)cs1. The van der Waals surface area contributed by atoms with Crippen molar-refractivity contribution in [3.8, 4) is 0 Å². The molecule has 1 atom stereocenters. The van der Waals surface area contributed by atoms with E-state index in [0.29, 0.717) is 6.04 Å². The maximum Gasteiger partial charge on any atom is 0.0926 e. The number of morpholine rings is 1. The zero-order valence-corrected chi connectivity index (χ0v) is 12.1. The molecule has 1 aliphatic rings. The van der Waals surface area contributed by atoms with Gasteiger partial charge in [0.25, 0.3) is 0 Å². The topological polar surface area (TPSA) is 37.4 Å². The number of thiazole rings is 1. The molecule has 102 valence electrons. The van der Waals surface area contributed by atoms with Gasteiger partial charge in [0, 0.05) is 37.6 Å². The van der Waals surface area contributed by atoms with Crippen LogP contribution in [0, 0.1) is 0 Å². The van der Waals surface area contributed by atoms with Gasteiger partial charge in [-0.2, -0.15) is 0 Å². The predicted octanol–water partition coefficient (Wildman–Crippen LogP) is 1.52. The lowest BCUT2D eigenvalue weighted by Gasteiger charge is -2.29. The normalized spacial score (nSPS) is 19.0. The second-order valence-electron chi connectivity index (χ2n) is 4.78. The molecule has 1 N–H and O–H groups in total. The van der Waals surface area contributed by atoms with Crippen LogP contribution in [0.25, 0.3) is 0 Å². The lowest BCUT2D eigenvalue weighted by molar-refractivity contribution is 0.0343. The Morgan fingerprint density at radius 1 is 1.50 bits per heavy atom. The minimum Gasteiger partial charge on any atom is -0.379 e. The summed E-state index contributed by atoms with van der Waals surface area (Å²) in [7, 11) is 0. The highest BCUT2D eigenvalue weighted by Gasteiger charge is 2.13. The molecule has 0 spiro atoms. The van der Waals surface area contributed by atoms with Gasteiger partial charge in [-0.3, -0.25) is 4.90 Å². The van der Waals surface area contributed by atoms with E-state index in [1.165, 1.54) is 10.7 Å². The molecule has 1 aromatic heterocycles. The van der Waals surface area contributed by atoms with Crippen molar-refractivity contribution in [3.05, 3.63) is 16.1 Å². The third-order valence-electron chi connectivity index (χ3n) is 3.17. The van der Waals surface area contributed by atoms with E-state index in [2.05, 4.69) is 34.4 Å². The summed E-state index contributed by atoms with van der Waals surface area (Å²) in [5.41, 5.74) is 1.17. The second-order valence-corrected chi connectivity index (χ2v) is 5.72. The first-order valence-corrected chi connectivity index (χ1v) is 7.62. The summed E-state index contributed by atoms with van der Waals surface area (Å²) in [5, 5.41) is 6.93. The Kier molecular flexibility index (Phi) is 5.56. The summed E-state index contributed by atoms with van der Waals surface area (Å²) in [6.07, 6.45) is 1.04. The quantitative estimate of drug-likeness (QED) is 0.849. The Labute approximate surface area is 113 Å². The van der Waals surface area contributed by atoms with Gasteiger partial charge < -0.3 is 10.1 Å². The van der Waals surface area contributed by atoms with Crippen molar-refractivity contribution in [2.45, 2.75) is 32.9 Å². The number of hydrogen-bond donors (Lipinski definition) is 1. The molecular formula is C13H23N3OS. The smallest absolute Gasteiger partial charge is 0.0926 e. The zero-order chi connectivity index (χ0) is 12.8. The third-order valence-corrected chi connectivity index (χ3v) is 4.21. The molecule has 0 amide bonds. The van der Waals surface area contributed by atoms with Crippen LogP contribution >= 0.6 is 11.3 Å². The van der Waals surface area contributed by atoms with Gasteiger partial charge in [0.1, 0.15) is 0 Å². The first kappa shape index (κ1) is 13.9. The second kappa shape index (κ2) is 7.19. The highest BCUT2D eigenvalue weighted by Crippen LogP contribution is 2.10. The average Bonchev–Trinajstić information content (AvgIpc) is 2.85. The van der Waals surface area contributed by atoms with Crippen molar-refractivity contribution in [1.29, 1.82) is 0 Å². The van der Waals surface area contributed by atoms with Crippen LogP contribution in [0.2, 0.25) is 0 Å². The van der Waals surface area contributed by atoms with E-state index in [9.17, 15) is 0 Å². The molecule has 5 heteroatoms. The van der Waals surface area contributed by atoms with Crippen LogP contribution in [0.3, 0.4) is 0 Å². The fraction of sp³-hybridized carbons (Fsp3) is 0.769. The van der Waals surface area contributed by atoms with Gasteiger partial charge in [-0.25, -0.2) is 4.98 Å². The van der Waals surface area contributed by atoms with E-state index < -0.39 is 0 Å². The lowest BCUT2D eigenvalue weighted by Crippen LogP contribution is -2.44. The number of hydrogen-bond acceptors (Lipinski definition) is 5. The van der Waals surface area contributed by atoms with Gasteiger partial charge in [0.05, 0.1) is 23.9 Å². The molecule has 1 unspecified atom stereocenters. The minimum atomic E-state index is 0.495. The number of aromatic nitrogens is 1. The van der Waals surface area contributed by atoms with Crippen molar-refractivity contribution in [3.63, 3.8) is 0 Å². The standard InChI is InChI=1S/C13H23N3OS/c1-3-13-15-12(10-18-13)8-14-11(2)9-16-4-6-17-7-5-16/h10-11,14H,3-9H2,1-2H3. The van der Waals surface area contributed by atoms with Crippen LogP contribution < -0.4 is 5.32 Å². The van der Waals surface area contributed by atoms with E-state index in [1.807, 2.05) is 0 Å². The first-order valence-electron chi connectivity index (χ1n) is 6.74. The van der Waals surface area contributed by atoms with Gasteiger partial charge in [0.15, 0.2) is 0 Å². The molecule has 1 saturated heterocycles. The Bertz CT molecular complexity index is 350. The van der Waals surface area contributed by atoms with Crippen LogP contribution in [0.5, 0.6) is 0 Å². The Hall–Kier alpha value is -0.490. The van der Waals surface area contributed by atoms with Gasteiger partial charge in [0.2, 0.25) is 0 Å². The predicted molar refractivity (Wildman–Crippen MR) is 75.1 cm³/mol. The number of nitrogens with zero attached hydrogens (tertiary/aromatic N) is 2. The van der Waals surface area contributed by atoms with E-state index in [0.717, 1.165) is 45.8 Å². The summed E-state index contributed by atoms with van der Waals surface area (Å²) in [6, 6.07) is 0.495. The minimum absolute atomic E-state index is 0.495. The van der Waals surface area contributed by atoms with Crippen LogP contribution in [-0.2, 0) is 17.7 Å². The average molecular weight is 269 g/mol. The van der Waals surface area contributed by atoms with Crippen molar-refractivity contribution in [2.24, 2.45) is 0 Å². The number of ether oxygens (including phenoxy) is 1. The Balaban J connectivity index is 1.68. The number of rotatable bonds is 6. The van der Waals surface area contributed by atoms with E-state index >= 15 is 0 Å². The fourth-order valence-corrected chi connectivity index (χ4v) is 2.85. The highest BCUT2D eigenvalue weighted by atomic mass is 32.1. The monoisotopic (exact) mass is 269 g/mol. The van der Waals surface area contributed by atoms with Crippen molar-refractivity contribution < 1.29 is 4.74 Å². The van der Waals surface area contributed by atoms with Crippen molar-refractivity contribution in [2.75, 3.05) is 32.8 Å². The molecule has 0 aromatic carbocycles. The van der Waals surface area contributed by atoms with Gasteiger partial charge in [-0.15, -0.1) is 11.3 Å². The molecule has 2 heterocycles. The van der Waals surface area contributed by atoms with Gasteiger partial charge >= 0.3 is 0 Å². The summed E-state index contributed by atoms with van der Waals surface area (Å²) >= 11 is 1.76. The van der Waals surface area contributed by atoms with Gasteiger partial charge in [-0.1, -0.05) is 6.92 Å². The molecule has 2 rings (SSSR count). The van der Waals surface area contributed by atoms with E-state index in [4.69, 9.17) is 4.74 Å². The molecule has 1 aromatic rings. The first-order chi connectivity index (χ1) is 8.78. The van der Waals surface area contributed by atoms with Gasteiger partial charge in [-0.05, 0) is 13.3 Å². The van der Waals surface area contributed by atoms with E-state index in [1.54, 1.807) is 11.3 Å². The molecular weight excluding hydrogens is 246 g/mol. The summed E-state index contributed by atoms with van der Waals surface area (Å²) in [4.78, 5) is 7.03. The molecule has 18 heavy (non-hydrogen) atoms. The molecule has 0 radical (unpaired) electrons. The summed E-state index contributed by atoms with van der Waals surface area (Å²) in [5.74, 6) is 0. The molecule has 1 aliphatic heterocycles. The Morgan fingerprint density at radius 2 is 2.28 bits per heavy atom. The van der Waals surface area contributed by atoms with Crippen LogP contribution in [-0.4, -0.2) is 48.8 Å². The van der Waals surface area contributed by atoms with Crippen molar-refractivity contribution >= 4 is 11.3 Å². The van der Waals surface area contributed by atoms with Crippen molar-refractivity contribution in [1.82, 2.24) is 15.2 Å². The maximum absolute atomic E-state index is 5.35. The summed E-state index contributed by atoms with van der Waals surface area (Å²) in [6.45, 7) is 10.2. The Morgan fingerprint density at radius 3 is 2.94 bits per heavy atom. The number of aryl methyl sites for hydroxylation is 1. The summed E-state index contributed by atoms with van der Waals surface area (Å²) < 4.78 is 5.35.